The Morgan fingerprint density at radius 1 is 1.17 bits per heavy atom. The number of hydrogen-bond donors (Lipinski definition) is 1. The number of sulfonamides is 1. The lowest BCUT2D eigenvalue weighted by molar-refractivity contribution is 0.0932. The van der Waals surface area contributed by atoms with E-state index in [1.54, 1.807) is 13.2 Å². The zero-order chi connectivity index (χ0) is 21.8. The van der Waals surface area contributed by atoms with E-state index < -0.39 is 10.0 Å². The van der Waals surface area contributed by atoms with Crippen LogP contribution in [0.3, 0.4) is 0 Å². The second-order valence-electron chi connectivity index (χ2n) is 7.32. The number of anilines is 1. The maximum atomic E-state index is 13.0. The first-order valence-electron chi connectivity index (χ1n) is 9.21. The molecule has 2 aromatic rings. The van der Waals surface area contributed by atoms with Crippen molar-refractivity contribution in [3.63, 3.8) is 0 Å². The van der Waals surface area contributed by atoms with Gasteiger partial charge in [-0.1, -0.05) is 37.6 Å². The van der Waals surface area contributed by atoms with Crippen molar-refractivity contribution in [1.29, 1.82) is 0 Å². The Morgan fingerprint density at radius 3 is 2.31 bits per heavy atom. The first kappa shape index (κ1) is 23.0. The molecule has 1 atom stereocenters. The number of nitrogens with zero attached hydrogens (tertiary/aromatic N) is 1. The standard InChI is InChI=1S/C21H27ClN2O4S/c1-14(2)12-20(15-6-9-17(28-4)10-7-15)23-21(25)18-13-16(8-11-19(18)22)24(3)29(5,26)27/h6-11,13-14,20H,12H2,1-5H3,(H,23,25)/t20-/m1/s1. The third-order valence-electron chi connectivity index (χ3n) is 4.59. The van der Waals surface area contributed by atoms with Crippen molar-refractivity contribution in [1.82, 2.24) is 5.32 Å². The summed E-state index contributed by atoms with van der Waals surface area (Å²) in [4.78, 5) is 13.0. The van der Waals surface area contributed by atoms with E-state index in [0.29, 0.717) is 11.6 Å². The molecule has 0 fully saturated rings. The monoisotopic (exact) mass is 438 g/mol. The first-order chi connectivity index (χ1) is 13.5. The second kappa shape index (κ2) is 9.50. The van der Waals surface area contributed by atoms with Gasteiger partial charge in [-0.05, 0) is 48.2 Å². The van der Waals surface area contributed by atoms with E-state index in [-0.39, 0.29) is 22.5 Å². The molecule has 0 spiro atoms. The average Bonchev–Trinajstić information content (AvgIpc) is 2.66. The number of carbonyl (C=O) groups is 1. The van der Waals surface area contributed by atoms with Crippen molar-refractivity contribution < 1.29 is 17.9 Å². The topological polar surface area (TPSA) is 75.7 Å². The van der Waals surface area contributed by atoms with Gasteiger partial charge in [-0.2, -0.15) is 0 Å². The molecule has 0 saturated carbocycles. The number of ether oxygens (including phenoxy) is 1. The van der Waals surface area contributed by atoms with E-state index in [0.717, 1.165) is 28.3 Å². The zero-order valence-electron chi connectivity index (χ0n) is 17.3. The Hall–Kier alpha value is -2.25. The fourth-order valence-electron chi connectivity index (χ4n) is 2.90. The maximum absolute atomic E-state index is 13.0. The smallest absolute Gasteiger partial charge is 0.253 e. The molecule has 0 aromatic heterocycles. The Morgan fingerprint density at radius 2 is 1.79 bits per heavy atom. The number of hydrogen-bond acceptors (Lipinski definition) is 4. The molecule has 1 N–H and O–H groups in total. The highest BCUT2D eigenvalue weighted by Crippen LogP contribution is 2.27. The normalized spacial score (nSPS) is 12.5. The highest BCUT2D eigenvalue weighted by atomic mass is 35.5. The highest BCUT2D eigenvalue weighted by molar-refractivity contribution is 7.92. The van der Waals surface area contributed by atoms with Crippen LogP contribution in [0.4, 0.5) is 5.69 Å². The van der Waals surface area contributed by atoms with Gasteiger partial charge in [0.25, 0.3) is 5.91 Å². The van der Waals surface area contributed by atoms with E-state index in [1.807, 2.05) is 24.3 Å². The third-order valence-corrected chi connectivity index (χ3v) is 6.12. The van der Waals surface area contributed by atoms with Gasteiger partial charge >= 0.3 is 0 Å². The predicted molar refractivity (Wildman–Crippen MR) is 117 cm³/mol. The number of nitrogens with one attached hydrogen (secondary N) is 1. The van der Waals surface area contributed by atoms with Crippen molar-refractivity contribution in [3.05, 3.63) is 58.6 Å². The minimum absolute atomic E-state index is 0.222. The summed E-state index contributed by atoms with van der Waals surface area (Å²) in [5, 5.41) is 3.29. The molecule has 0 saturated heterocycles. The summed E-state index contributed by atoms with van der Waals surface area (Å²) in [7, 11) is -0.421. The van der Waals surface area contributed by atoms with E-state index in [2.05, 4.69) is 19.2 Å². The minimum Gasteiger partial charge on any atom is -0.497 e. The molecule has 6 nitrogen and oxygen atoms in total. The summed E-state index contributed by atoms with van der Waals surface area (Å²) in [6, 6.07) is 11.9. The number of benzene rings is 2. The van der Waals surface area contributed by atoms with Gasteiger partial charge in [0.1, 0.15) is 5.75 Å². The summed E-state index contributed by atoms with van der Waals surface area (Å²) in [5.41, 5.74) is 1.54. The van der Waals surface area contributed by atoms with Crippen LogP contribution < -0.4 is 14.4 Å². The molecule has 0 bridgehead atoms. The summed E-state index contributed by atoms with van der Waals surface area (Å²) >= 11 is 6.24. The molecular weight excluding hydrogens is 412 g/mol. The Balaban J connectivity index is 2.33. The SMILES string of the molecule is COc1ccc([C@@H](CC(C)C)NC(=O)c2cc(N(C)S(C)(=O)=O)ccc2Cl)cc1. The van der Waals surface area contributed by atoms with Crippen LogP contribution in [0.5, 0.6) is 5.75 Å². The molecule has 2 aromatic carbocycles. The van der Waals surface area contributed by atoms with Gasteiger partial charge in [0, 0.05) is 7.05 Å². The predicted octanol–water partition coefficient (Wildman–Crippen LogP) is 4.26. The molecule has 158 valence electrons. The highest BCUT2D eigenvalue weighted by Gasteiger charge is 2.21. The van der Waals surface area contributed by atoms with Crippen LogP contribution in [-0.2, 0) is 10.0 Å². The molecule has 0 aliphatic rings. The third kappa shape index (κ3) is 6.11. The quantitative estimate of drug-likeness (QED) is 0.668. The molecule has 29 heavy (non-hydrogen) atoms. The molecule has 1 amide bonds. The number of carbonyl (C=O) groups excluding carboxylic acids is 1. The van der Waals surface area contributed by atoms with Crippen LogP contribution in [-0.4, -0.2) is 34.7 Å². The molecular formula is C21H27ClN2O4S. The van der Waals surface area contributed by atoms with Crippen LogP contribution in [0.1, 0.15) is 42.2 Å². The van der Waals surface area contributed by atoms with Crippen LogP contribution in [0.15, 0.2) is 42.5 Å². The van der Waals surface area contributed by atoms with E-state index in [4.69, 9.17) is 16.3 Å². The first-order valence-corrected chi connectivity index (χ1v) is 11.4. The van der Waals surface area contributed by atoms with Crippen molar-refractivity contribution in [2.24, 2.45) is 5.92 Å². The average molecular weight is 439 g/mol. The minimum atomic E-state index is -3.45. The number of methoxy groups -OCH3 is 1. The fourth-order valence-corrected chi connectivity index (χ4v) is 3.60. The van der Waals surface area contributed by atoms with Crippen molar-refractivity contribution in [2.45, 2.75) is 26.3 Å². The largest absolute Gasteiger partial charge is 0.497 e. The van der Waals surface area contributed by atoms with Crippen molar-refractivity contribution in [3.8, 4) is 5.75 Å². The second-order valence-corrected chi connectivity index (χ2v) is 9.74. The van der Waals surface area contributed by atoms with Crippen LogP contribution >= 0.6 is 11.6 Å². The number of amides is 1. The van der Waals surface area contributed by atoms with Gasteiger partial charge in [0.2, 0.25) is 10.0 Å². The lowest BCUT2D eigenvalue weighted by Gasteiger charge is -2.23. The van der Waals surface area contributed by atoms with Crippen molar-refractivity contribution in [2.75, 3.05) is 24.7 Å². The number of rotatable bonds is 8. The number of halogens is 1. The molecule has 0 aliphatic carbocycles. The molecule has 2 rings (SSSR count). The van der Waals surface area contributed by atoms with E-state index in [9.17, 15) is 13.2 Å². The van der Waals surface area contributed by atoms with E-state index in [1.165, 1.54) is 19.2 Å². The fraction of sp³-hybridized carbons (Fsp3) is 0.381. The Bertz CT molecular complexity index is 959. The molecule has 0 heterocycles. The summed E-state index contributed by atoms with van der Waals surface area (Å²) in [5.74, 6) is 0.726. The molecule has 0 radical (unpaired) electrons. The molecule has 0 aliphatic heterocycles. The van der Waals surface area contributed by atoms with Gasteiger partial charge in [-0.25, -0.2) is 8.42 Å². The van der Waals surface area contributed by atoms with Gasteiger partial charge in [0.05, 0.1) is 35.7 Å². The molecule has 0 unspecified atom stereocenters. The van der Waals surface area contributed by atoms with Crippen molar-refractivity contribution >= 4 is 33.2 Å². The molecule has 8 heteroatoms. The van der Waals surface area contributed by atoms with Crippen LogP contribution in [0.25, 0.3) is 0 Å². The van der Waals surface area contributed by atoms with Crippen LogP contribution in [0.2, 0.25) is 5.02 Å². The van der Waals surface area contributed by atoms with Gasteiger partial charge in [0.15, 0.2) is 0 Å². The Kier molecular flexibility index (Phi) is 7.54. The lowest BCUT2D eigenvalue weighted by Crippen LogP contribution is -2.30. The van der Waals surface area contributed by atoms with Gasteiger partial charge < -0.3 is 10.1 Å². The summed E-state index contributed by atoms with van der Waals surface area (Å²) in [6.07, 6.45) is 1.84. The van der Waals surface area contributed by atoms with E-state index >= 15 is 0 Å². The maximum Gasteiger partial charge on any atom is 0.253 e. The summed E-state index contributed by atoms with van der Waals surface area (Å²) < 4.78 is 29.9. The van der Waals surface area contributed by atoms with Gasteiger partial charge in [-0.15, -0.1) is 0 Å². The summed E-state index contributed by atoms with van der Waals surface area (Å²) in [6.45, 7) is 4.16. The van der Waals surface area contributed by atoms with Gasteiger partial charge in [-0.3, -0.25) is 9.10 Å². The Labute approximate surface area is 177 Å². The lowest BCUT2D eigenvalue weighted by atomic mass is 9.96. The van der Waals surface area contributed by atoms with Crippen LogP contribution in [0, 0.1) is 5.92 Å². The zero-order valence-corrected chi connectivity index (χ0v) is 18.8.